The summed E-state index contributed by atoms with van der Waals surface area (Å²) in [6, 6.07) is 8.39. The first-order chi connectivity index (χ1) is 14.3. The molecular weight excluding hydrogens is 398 g/mol. The summed E-state index contributed by atoms with van der Waals surface area (Å²) in [6.07, 6.45) is 7.55. The first-order valence-electron chi connectivity index (χ1n) is 11.4. The van der Waals surface area contributed by atoms with Crippen molar-refractivity contribution in [3.05, 3.63) is 29.8 Å². The van der Waals surface area contributed by atoms with Crippen molar-refractivity contribution < 1.29 is 17.9 Å². The number of nitrogens with one attached hydrogen (secondary N) is 2. The van der Waals surface area contributed by atoms with E-state index in [2.05, 4.69) is 43.9 Å². The van der Waals surface area contributed by atoms with E-state index in [0.29, 0.717) is 18.2 Å². The van der Waals surface area contributed by atoms with Crippen LogP contribution < -0.4 is 14.8 Å². The topological polar surface area (TPSA) is 76.7 Å². The number of ether oxygens (including phenoxy) is 2. The lowest BCUT2D eigenvalue weighted by Gasteiger charge is -2.35. The van der Waals surface area contributed by atoms with Crippen LogP contribution in [0.2, 0.25) is 5.72 Å². The Bertz CT molecular complexity index is 770. The molecule has 166 valence electrons. The third-order valence-electron chi connectivity index (χ3n) is 6.07. The summed E-state index contributed by atoms with van der Waals surface area (Å²) in [5, 5.41) is 3.43. The number of hydrogen-bond acceptors (Lipinski definition) is 5. The van der Waals surface area contributed by atoms with Gasteiger partial charge in [0.2, 0.25) is 10.0 Å². The molecule has 9 heteroatoms. The Balaban J connectivity index is 1.49. The third kappa shape index (κ3) is 7.29. The summed E-state index contributed by atoms with van der Waals surface area (Å²) in [5.74, 6) is 1.54. The van der Waals surface area contributed by atoms with E-state index in [1.165, 1.54) is 11.8 Å². The van der Waals surface area contributed by atoms with Crippen LogP contribution >= 0.6 is 0 Å². The van der Waals surface area contributed by atoms with Crippen molar-refractivity contribution >= 4 is 25.7 Å². The van der Waals surface area contributed by atoms with E-state index in [1.807, 2.05) is 6.07 Å². The lowest BCUT2D eigenvalue weighted by atomic mass is 9.72. The number of rotatable bonds is 9. The van der Waals surface area contributed by atoms with Gasteiger partial charge in [0.25, 0.3) is 0 Å². The maximum atomic E-state index is 11.6. The molecule has 1 aromatic carbocycles. The molecule has 2 N–H and O–H groups in total. The molecule has 0 amide bonds. The van der Waals surface area contributed by atoms with Crippen molar-refractivity contribution in [1.82, 2.24) is 10.0 Å². The molecule has 3 rings (SSSR count). The highest BCUT2D eigenvalue weighted by Crippen LogP contribution is 2.38. The minimum absolute atomic E-state index is 0.0383. The molecule has 1 saturated heterocycles. The maximum Gasteiger partial charge on any atom is 0.209 e. The average molecular weight is 434 g/mol. The lowest BCUT2D eigenvalue weighted by molar-refractivity contribution is 0.00511. The molecular formula is C21H36B2N2O4S. The predicted molar refractivity (Wildman–Crippen MR) is 127 cm³/mol. The fourth-order valence-corrected chi connectivity index (χ4v) is 5.36. The van der Waals surface area contributed by atoms with Crippen LogP contribution in [0, 0.1) is 0 Å². The van der Waals surface area contributed by atoms with Gasteiger partial charge in [-0.05, 0) is 62.6 Å². The Morgan fingerprint density at radius 1 is 1.17 bits per heavy atom. The lowest BCUT2D eigenvalue weighted by Crippen LogP contribution is -2.55. The minimum Gasteiger partial charge on any atom is -0.494 e. The van der Waals surface area contributed by atoms with Crippen molar-refractivity contribution in [2.75, 3.05) is 26.0 Å². The Hall–Kier alpha value is -1.02. The van der Waals surface area contributed by atoms with Gasteiger partial charge in [-0.1, -0.05) is 23.9 Å². The molecule has 0 unspecified atom stereocenters. The van der Waals surface area contributed by atoms with Crippen LogP contribution in [0.1, 0.15) is 50.0 Å². The van der Waals surface area contributed by atoms with Crippen molar-refractivity contribution in [1.29, 1.82) is 0 Å². The number of piperidine rings is 1. The van der Waals surface area contributed by atoms with Crippen molar-refractivity contribution in [3.8, 4) is 5.75 Å². The molecule has 30 heavy (non-hydrogen) atoms. The highest BCUT2D eigenvalue weighted by atomic mass is 32.2. The van der Waals surface area contributed by atoms with Crippen LogP contribution in [-0.4, -0.2) is 68.3 Å². The molecule has 0 bridgehead atoms. The molecule has 6 nitrogen and oxygen atoms in total. The fraction of sp³-hybridized carbons (Fsp3) is 0.714. The summed E-state index contributed by atoms with van der Waals surface area (Å²) in [4.78, 5) is 0. The van der Waals surface area contributed by atoms with Crippen LogP contribution in [-0.2, 0) is 14.8 Å². The Kier molecular flexibility index (Phi) is 8.69. The largest absolute Gasteiger partial charge is 0.494 e. The summed E-state index contributed by atoms with van der Waals surface area (Å²) < 4.78 is 38.3. The normalized spacial score (nSPS) is 27.8. The SMILES string of the molecule is BC(B)COc1ccccc1[C@H]1CC[C@@H](OC[C@@H]2NCCC[C@@H]2NS(C)(=O)=O)CC1. The van der Waals surface area contributed by atoms with E-state index in [1.54, 1.807) is 0 Å². The first kappa shape index (κ1) is 23.6. The molecule has 1 aliphatic carbocycles. The Morgan fingerprint density at radius 2 is 1.90 bits per heavy atom. The minimum atomic E-state index is -3.21. The van der Waals surface area contributed by atoms with Crippen molar-refractivity contribution in [2.45, 2.75) is 68.3 Å². The van der Waals surface area contributed by atoms with Gasteiger partial charge in [-0.15, -0.1) is 0 Å². The summed E-state index contributed by atoms with van der Waals surface area (Å²) in [7, 11) is 1.13. The van der Waals surface area contributed by atoms with Gasteiger partial charge in [0.05, 0.1) is 41.3 Å². The molecule has 1 aromatic rings. The van der Waals surface area contributed by atoms with E-state index in [9.17, 15) is 8.42 Å². The van der Waals surface area contributed by atoms with Gasteiger partial charge >= 0.3 is 0 Å². The van der Waals surface area contributed by atoms with Gasteiger partial charge in [0.15, 0.2) is 0 Å². The van der Waals surface area contributed by atoms with Gasteiger partial charge in [-0.25, -0.2) is 13.1 Å². The smallest absolute Gasteiger partial charge is 0.209 e. The second-order valence-electron chi connectivity index (χ2n) is 9.25. The molecule has 1 aliphatic heterocycles. The first-order valence-corrected chi connectivity index (χ1v) is 13.2. The zero-order chi connectivity index (χ0) is 21.6. The van der Waals surface area contributed by atoms with Crippen LogP contribution in [0.25, 0.3) is 0 Å². The van der Waals surface area contributed by atoms with Gasteiger partial charge in [0, 0.05) is 12.1 Å². The highest BCUT2D eigenvalue weighted by molar-refractivity contribution is 7.88. The second kappa shape index (κ2) is 11.0. The zero-order valence-electron chi connectivity index (χ0n) is 18.6. The van der Waals surface area contributed by atoms with Gasteiger partial charge < -0.3 is 14.8 Å². The van der Waals surface area contributed by atoms with E-state index in [0.717, 1.165) is 57.4 Å². The fourth-order valence-electron chi connectivity index (χ4n) is 4.53. The maximum absolute atomic E-state index is 11.6. The van der Waals surface area contributed by atoms with E-state index in [4.69, 9.17) is 9.47 Å². The van der Waals surface area contributed by atoms with E-state index in [-0.39, 0.29) is 18.2 Å². The molecule has 2 aliphatic rings. The summed E-state index contributed by atoms with van der Waals surface area (Å²) >= 11 is 0. The molecule has 2 fully saturated rings. The molecule has 0 aromatic heterocycles. The highest BCUT2D eigenvalue weighted by Gasteiger charge is 2.30. The molecule has 2 atom stereocenters. The van der Waals surface area contributed by atoms with Crippen molar-refractivity contribution in [2.24, 2.45) is 0 Å². The summed E-state index contributed by atoms with van der Waals surface area (Å²) in [5.41, 5.74) is 1.83. The van der Waals surface area contributed by atoms with Crippen LogP contribution in [0.15, 0.2) is 24.3 Å². The molecule has 1 heterocycles. The van der Waals surface area contributed by atoms with Crippen LogP contribution in [0.3, 0.4) is 0 Å². The Labute approximate surface area is 183 Å². The monoisotopic (exact) mass is 434 g/mol. The molecule has 0 spiro atoms. The van der Waals surface area contributed by atoms with Gasteiger partial charge in [-0.2, -0.15) is 0 Å². The number of sulfonamides is 1. The van der Waals surface area contributed by atoms with Crippen LogP contribution in [0.4, 0.5) is 0 Å². The van der Waals surface area contributed by atoms with Gasteiger partial charge in [-0.3, -0.25) is 0 Å². The number of para-hydroxylation sites is 1. The quantitative estimate of drug-likeness (QED) is 0.563. The van der Waals surface area contributed by atoms with Gasteiger partial charge in [0.1, 0.15) is 5.75 Å². The Morgan fingerprint density at radius 3 is 2.60 bits per heavy atom. The average Bonchev–Trinajstić information content (AvgIpc) is 2.71. The van der Waals surface area contributed by atoms with Crippen LogP contribution in [0.5, 0.6) is 5.75 Å². The standard InChI is InChI=1S/C21H36B2N2O4S/c1-30(26,27)25-18-6-4-12-24-19(18)13-28-16-10-8-15(9-11-16)17-5-2-3-7-20(17)29-14-21(22)23/h2-3,5,7,15-16,18-19,21,24-25H,4,6,8-14,22-23H2,1H3/t15-,16+,18-,19-/m0/s1. The number of benzene rings is 1. The van der Waals surface area contributed by atoms with E-state index >= 15 is 0 Å². The summed E-state index contributed by atoms with van der Waals surface area (Å²) in [6.45, 7) is 2.21. The molecule has 0 radical (unpaired) electrons. The number of hydrogen-bond donors (Lipinski definition) is 2. The predicted octanol–water partition coefficient (Wildman–Crippen LogP) is 0.790. The molecule has 1 saturated carbocycles. The third-order valence-corrected chi connectivity index (χ3v) is 6.80. The zero-order valence-corrected chi connectivity index (χ0v) is 19.4. The van der Waals surface area contributed by atoms with E-state index < -0.39 is 10.0 Å². The van der Waals surface area contributed by atoms with Crippen molar-refractivity contribution in [3.63, 3.8) is 0 Å². The second-order valence-corrected chi connectivity index (χ2v) is 11.0.